The third-order valence-electron chi connectivity index (χ3n) is 13.5. The predicted octanol–water partition coefficient (Wildman–Crippen LogP) is 9.76. The molecule has 4 heterocycles. The summed E-state index contributed by atoms with van der Waals surface area (Å²) in [5.41, 5.74) is -6.49. The number of aliphatic hydroxyl groups excluding tert-OH is 1. The molecule has 2 aliphatic rings. The lowest BCUT2D eigenvalue weighted by molar-refractivity contribution is -0.144. The van der Waals surface area contributed by atoms with E-state index >= 15 is 8.78 Å². The van der Waals surface area contributed by atoms with Gasteiger partial charge in [0.15, 0.2) is 17.1 Å². The second-order valence-electron chi connectivity index (χ2n) is 20.6. The van der Waals surface area contributed by atoms with Gasteiger partial charge in [-0.05, 0) is 87.4 Å². The van der Waals surface area contributed by atoms with Gasteiger partial charge in [0, 0.05) is 31.2 Å². The number of unbranched alkanes of at least 4 members (excludes halogenated alkanes) is 1. The van der Waals surface area contributed by atoms with Crippen LogP contribution in [0.1, 0.15) is 94.8 Å². The Bertz CT molecular complexity index is 3140. The van der Waals surface area contributed by atoms with Gasteiger partial charge in [0.1, 0.15) is 41.2 Å². The van der Waals surface area contributed by atoms with Crippen LogP contribution in [0.3, 0.4) is 0 Å². The van der Waals surface area contributed by atoms with Crippen molar-refractivity contribution in [3.8, 4) is 33.5 Å². The third kappa shape index (κ3) is 12.9. The van der Waals surface area contributed by atoms with Gasteiger partial charge >= 0.3 is 12.4 Å². The Kier molecular flexibility index (Phi) is 17.7. The van der Waals surface area contributed by atoms with Gasteiger partial charge in [0.2, 0.25) is 17.7 Å². The predicted molar refractivity (Wildman–Crippen MR) is 279 cm³/mol. The Balaban J connectivity index is 0.917. The second kappa shape index (κ2) is 23.4. The van der Waals surface area contributed by atoms with E-state index in [1.165, 1.54) is 42.2 Å². The minimum absolute atomic E-state index is 0.00366. The van der Waals surface area contributed by atoms with Gasteiger partial charge in [-0.25, -0.2) is 13.8 Å². The Morgan fingerprint density at radius 2 is 1.65 bits per heavy atom. The van der Waals surface area contributed by atoms with Crippen LogP contribution in [0.5, 0.6) is 5.75 Å². The Morgan fingerprint density at radius 1 is 0.962 bits per heavy atom. The number of carbonyl (C=O) groups excluding carboxylic acids is 4. The van der Waals surface area contributed by atoms with E-state index in [4.69, 9.17) is 9.47 Å². The van der Waals surface area contributed by atoms with Crippen LogP contribution in [0.25, 0.3) is 21.7 Å². The highest BCUT2D eigenvalue weighted by Gasteiger charge is 2.53. The number of hydrogen-bond acceptors (Lipinski definition) is 13. The fraction of sp³-hybridized carbons (Fsp3) is 0.426. The summed E-state index contributed by atoms with van der Waals surface area (Å²) in [4.78, 5) is 66.8. The van der Waals surface area contributed by atoms with E-state index in [9.17, 15) is 55.9 Å². The number of aromatic nitrogens is 2. The molecule has 4 amide bonds. The average Bonchev–Trinajstić information content (AvgIpc) is 4.26. The lowest BCUT2D eigenvalue weighted by Gasteiger charge is -2.35. The number of rotatable bonds is 17. The number of thiazole rings is 1. The van der Waals surface area contributed by atoms with Crippen molar-refractivity contribution in [3.63, 3.8) is 0 Å². The van der Waals surface area contributed by atoms with E-state index in [1.807, 2.05) is 38.1 Å². The molecule has 0 radical (unpaired) electrons. The number of aryl methyl sites for hydroxylation is 1. The zero-order valence-electron chi connectivity index (χ0n) is 43.7. The number of alkyl halides is 6. The van der Waals surface area contributed by atoms with Crippen LogP contribution in [0.2, 0.25) is 0 Å². The number of hydrogen-bond donors (Lipinski definition) is 4. The number of benzene rings is 3. The highest BCUT2D eigenvalue weighted by Crippen LogP contribution is 2.46. The molecule has 0 saturated carbocycles. The molecular weight excluding hydrogens is 1090 g/mol. The number of nitriles is 1. The summed E-state index contributed by atoms with van der Waals surface area (Å²) >= 11 is 5.88. The Morgan fingerprint density at radius 3 is 2.25 bits per heavy atom. The molecule has 15 nitrogen and oxygen atoms in total. The summed E-state index contributed by atoms with van der Waals surface area (Å²) in [5, 5.41) is 25.5. The number of anilines is 2. The van der Waals surface area contributed by atoms with Gasteiger partial charge in [0.25, 0.3) is 5.91 Å². The Hall–Kier alpha value is -6.88. The summed E-state index contributed by atoms with van der Waals surface area (Å²) in [7, 11) is 0. The van der Waals surface area contributed by atoms with Crippen LogP contribution in [0.4, 0.5) is 46.5 Å². The van der Waals surface area contributed by atoms with Crippen LogP contribution < -0.4 is 25.2 Å². The lowest BCUT2D eigenvalue weighted by Crippen LogP contribution is -2.58. The number of nitrogens with one attached hydrogen (secondary N) is 2. The van der Waals surface area contributed by atoms with Crippen LogP contribution in [-0.4, -0.2) is 99.2 Å². The highest BCUT2D eigenvalue weighted by molar-refractivity contribution is 7.81. The molecule has 0 bridgehead atoms. The van der Waals surface area contributed by atoms with Crippen molar-refractivity contribution in [2.75, 3.05) is 36.2 Å². The molecule has 0 spiro atoms. The van der Waals surface area contributed by atoms with E-state index < -0.39 is 129 Å². The molecular formula is C54H56F8N8O7S2. The van der Waals surface area contributed by atoms with Gasteiger partial charge < -0.3 is 35.0 Å². The SMILES string of the molecule is Cc1ncsc1-c1ccc([C@H](C)NC(=O)[C@@H]2C[C@@H](O)CN2C(=O)[C@@H](NC(=O)COCCCCOc2ccc(-c3ncc(N4C(S)N(c5ccc(C#N)c(C(F)(F)F)c5F)C(=O)C4(C)C)cc3F)c(C(F)(F)F)c2)C(C)(C)C)cc1. The number of ether oxygens (including phenoxy) is 2. The first-order chi connectivity index (χ1) is 36.9. The maximum absolute atomic E-state index is 16.0. The summed E-state index contributed by atoms with van der Waals surface area (Å²) in [6, 6.07) is 11.4. The topological polar surface area (TPSA) is 190 Å². The van der Waals surface area contributed by atoms with E-state index in [1.54, 1.807) is 26.3 Å². The number of thiol groups is 1. The monoisotopic (exact) mass is 1140 g/mol. The molecule has 2 fully saturated rings. The Labute approximate surface area is 459 Å². The van der Waals surface area contributed by atoms with Gasteiger partial charge in [0.05, 0.1) is 69.6 Å². The molecule has 5 atom stereocenters. The molecule has 3 aromatic carbocycles. The number of pyridine rings is 1. The number of likely N-dealkylation sites (tertiary alicyclic amines) is 1. The maximum Gasteiger partial charge on any atom is 0.420 e. The zero-order valence-corrected chi connectivity index (χ0v) is 45.4. The molecule has 2 aliphatic heterocycles. The van der Waals surface area contributed by atoms with Gasteiger partial charge in [-0.15, -0.1) is 24.0 Å². The second-order valence-corrected chi connectivity index (χ2v) is 21.9. The van der Waals surface area contributed by atoms with Crippen LogP contribution in [-0.2, 0) is 36.3 Å². The van der Waals surface area contributed by atoms with Crippen molar-refractivity contribution in [2.45, 2.75) is 115 Å². The van der Waals surface area contributed by atoms with Gasteiger partial charge in [-0.2, -0.15) is 31.6 Å². The third-order valence-corrected chi connectivity index (χ3v) is 14.9. The summed E-state index contributed by atoms with van der Waals surface area (Å²) in [5.74, 6) is -6.08. The molecule has 7 rings (SSSR count). The molecule has 2 saturated heterocycles. The minimum Gasteiger partial charge on any atom is -0.494 e. The first-order valence-corrected chi connectivity index (χ1v) is 26.1. The van der Waals surface area contributed by atoms with Crippen molar-refractivity contribution in [1.29, 1.82) is 5.26 Å². The quantitative estimate of drug-likeness (QED) is 0.0394. The van der Waals surface area contributed by atoms with Gasteiger partial charge in [-0.3, -0.25) is 29.1 Å². The van der Waals surface area contributed by atoms with E-state index in [0.29, 0.717) is 23.5 Å². The maximum atomic E-state index is 16.0. The summed E-state index contributed by atoms with van der Waals surface area (Å²) in [6.07, 6.45) is -9.88. The van der Waals surface area contributed by atoms with Crippen molar-refractivity contribution in [1.82, 2.24) is 25.5 Å². The molecule has 0 aliphatic carbocycles. The standard InChI is InChI=1S/C54H56F8N8O7S2/c1-28(30-10-12-31(13-11-30)45-29(2)65-27-79-45)66-47(73)40-21-34(71)25-68(40)48(74)46(51(3,4)5)67-41(72)26-76-18-8-9-19-77-35-15-16-36(37(22-35)53(57,58)59)44-38(55)20-33(24-64-44)70-50(78)69(49(75)52(70,6)7)39-17-14-32(23-63)42(43(39)56)54(60,61)62/h10-17,20,22,24,27-28,34,40,46,50,71,78H,8-9,18-19,21,25-26H2,1-7H3,(H,66,73)(H,67,72)/t28-,34+,40-,46+,50?/m0/s1. The van der Waals surface area contributed by atoms with E-state index in [-0.39, 0.29) is 44.0 Å². The number of halogens is 8. The zero-order chi connectivity index (χ0) is 58.1. The van der Waals surface area contributed by atoms with Crippen molar-refractivity contribution in [3.05, 3.63) is 112 Å². The van der Waals surface area contributed by atoms with E-state index in [0.717, 1.165) is 51.0 Å². The van der Waals surface area contributed by atoms with Gasteiger partial charge in [-0.1, -0.05) is 45.0 Å². The first kappa shape index (κ1) is 59.8. The van der Waals surface area contributed by atoms with Crippen molar-refractivity contribution < 1.29 is 68.9 Å². The molecule has 2 aromatic heterocycles. The number of nitrogens with zero attached hydrogens (tertiary/aromatic N) is 6. The smallest absolute Gasteiger partial charge is 0.420 e. The molecule has 422 valence electrons. The average molecular weight is 1150 g/mol. The van der Waals surface area contributed by atoms with Crippen molar-refractivity contribution in [2.24, 2.45) is 5.41 Å². The number of amides is 4. The fourth-order valence-electron chi connectivity index (χ4n) is 9.41. The summed E-state index contributed by atoms with van der Waals surface area (Å²) < 4.78 is 128. The molecule has 5 aromatic rings. The van der Waals surface area contributed by atoms with Crippen molar-refractivity contribution >= 4 is 59.0 Å². The van der Waals surface area contributed by atoms with Crippen LogP contribution >= 0.6 is 24.0 Å². The van der Waals surface area contributed by atoms with E-state index in [2.05, 4.69) is 33.2 Å². The number of aliphatic hydroxyl groups is 1. The lowest BCUT2D eigenvalue weighted by atomic mass is 9.85. The molecule has 25 heteroatoms. The highest BCUT2D eigenvalue weighted by atomic mass is 32.1. The van der Waals surface area contributed by atoms with Crippen LogP contribution in [0.15, 0.2) is 72.4 Å². The number of β-amino-alcohol motifs (C(OH)–C–C–N with tert-alkyl or cyclic N) is 1. The molecule has 3 N–H and O–H groups in total. The molecule has 79 heavy (non-hydrogen) atoms. The minimum atomic E-state index is -5.32. The normalized spacial score (nSPS) is 18.4. The van der Waals surface area contributed by atoms with Crippen LogP contribution in [0, 0.1) is 35.3 Å². The first-order valence-electron chi connectivity index (χ1n) is 24.7. The fourth-order valence-corrected chi connectivity index (χ4v) is 10.9. The molecule has 1 unspecified atom stereocenters. The summed E-state index contributed by atoms with van der Waals surface area (Å²) in [6.45, 7) is 10.9. The largest absolute Gasteiger partial charge is 0.494 e. The number of carbonyl (C=O) groups is 4.